The third-order valence-corrected chi connectivity index (χ3v) is 4.53. The molecular weight excluding hydrogens is 314 g/mol. The second-order valence-electron chi connectivity index (χ2n) is 5.10. The highest BCUT2D eigenvalue weighted by Crippen LogP contribution is 2.36. The molecule has 0 fully saturated rings. The van der Waals surface area contributed by atoms with Crippen LogP contribution < -0.4 is 10.1 Å². The van der Waals surface area contributed by atoms with Crippen molar-refractivity contribution in [2.24, 2.45) is 0 Å². The molecule has 0 bridgehead atoms. The SMILES string of the molecule is COc1cc2c(cc1Br)CCNC[C@H]2c1ccccc1. The minimum atomic E-state index is 0.385. The summed E-state index contributed by atoms with van der Waals surface area (Å²) in [5.74, 6) is 1.29. The van der Waals surface area contributed by atoms with Gasteiger partial charge in [-0.2, -0.15) is 0 Å². The number of fused-ring (bicyclic) bond motifs is 1. The molecule has 0 amide bonds. The van der Waals surface area contributed by atoms with Gasteiger partial charge in [-0.15, -0.1) is 0 Å². The number of hydrogen-bond donors (Lipinski definition) is 1. The van der Waals surface area contributed by atoms with Gasteiger partial charge in [0.25, 0.3) is 0 Å². The van der Waals surface area contributed by atoms with Gasteiger partial charge in [0.2, 0.25) is 0 Å². The third kappa shape index (κ3) is 2.60. The average Bonchev–Trinajstić information content (AvgIpc) is 2.69. The summed E-state index contributed by atoms with van der Waals surface area (Å²) in [6.07, 6.45) is 1.06. The van der Waals surface area contributed by atoms with E-state index in [1.807, 2.05) is 0 Å². The predicted octanol–water partition coefficient (Wildman–Crippen LogP) is 3.74. The Labute approximate surface area is 128 Å². The molecule has 0 saturated carbocycles. The Morgan fingerprint density at radius 2 is 2.00 bits per heavy atom. The number of benzene rings is 2. The number of halogens is 1. The lowest BCUT2D eigenvalue weighted by molar-refractivity contribution is 0.411. The van der Waals surface area contributed by atoms with E-state index in [1.165, 1.54) is 16.7 Å². The molecule has 0 aliphatic carbocycles. The zero-order chi connectivity index (χ0) is 13.9. The van der Waals surface area contributed by atoms with Crippen molar-refractivity contribution in [2.45, 2.75) is 12.3 Å². The van der Waals surface area contributed by atoms with Crippen molar-refractivity contribution < 1.29 is 4.74 Å². The van der Waals surface area contributed by atoms with Crippen molar-refractivity contribution in [1.29, 1.82) is 0 Å². The van der Waals surface area contributed by atoms with E-state index in [-0.39, 0.29) is 0 Å². The molecule has 3 rings (SSSR count). The number of methoxy groups -OCH3 is 1. The lowest BCUT2D eigenvalue weighted by atomic mass is 9.88. The molecule has 0 spiro atoms. The van der Waals surface area contributed by atoms with Crippen molar-refractivity contribution in [3.8, 4) is 5.75 Å². The number of nitrogens with one attached hydrogen (secondary N) is 1. The summed E-state index contributed by atoms with van der Waals surface area (Å²) < 4.78 is 6.50. The minimum absolute atomic E-state index is 0.385. The zero-order valence-corrected chi connectivity index (χ0v) is 13.1. The van der Waals surface area contributed by atoms with Crippen LogP contribution >= 0.6 is 15.9 Å². The van der Waals surface area contributed by atoms with Crippen LogP contribution in [0.4, 0.5) is 0 Å². The van der Waals surface area contributed by atoms with Crippen LogP contribution in [0.15, 0.2) is 46.9 Å². The van der Waals surface area contributed by atoms with E-state index >= 15 is 0 Å². The first-order valence-corrected chi connectivity index (χ1v) is 7.71. The molecule has 1 N–H and O–H groups in total. The van der Waals surface area contributed by atoms with Crippen molar-refractivity contribution in [2.75, 3.05) is 20.2 Å². The highest BCUT2D eigenvalue weighted by Gasteiger charge is 2.21. The third-order valence-electron chi connectivity index (χ3n) is 3.91. The first-order chi connectivity index (χ1) is 9.79. The summed E-state index contributed by atoms with van der Waals surface area (Å²) in [6, 6.07) is 15.1. The lowest BCUT2D eigenvalue weighted by Gasteiger charge is -2.19. The maximum atomic E-state index is 5.47. The molecule has 2 nitrogen and oxygen atoms in total. The van der Waals surface area contributed by atoms with Gasteiger partial charge in [-0.1, -0.05) is 30.3 Å². The first kappa shape index (κ1) is 13.7. The molecule has 104 valence electrons. The summed E-state index contributed by atoms with van der Waals surface area (Å²) >= 11 is 3.59. The number of ether oxygens (including phenoxy) is 1. The predicted molar refractivity (Wildman–Crippen MR) is 85.6 cm³/mol. The van der Waals surface area contributed by atoms with Gasteiger partial charge in [0, 0.05) is 12.5 Å². The van der Waals surface area contributed by atoms with Crippen LogP contribution in [0.2, 0.25) is 0 Å². The van der Waals surface area contributed by atoms with E-state index in [9.17, 15) is 0 Å². The summed E-state index contributed by atoms with van der Waals surface area (Å²) in [6.45, 7) is 2.00. The van der Waals surface area contributed by atoms with Crippen molar-refractivity contribution in [3.05, 3.63) is 63.6 Å². The fourth-order valence-corrected chi connectivity index (χ4v) is 3.42. The Hall–Kier alpha value is -1.32. The van der Waals surface area contributed by atoms with Crippen LogP contribution in [0, 0.1) is 0 Å². The quantitative estimate of drug-likeness (QED) is 0.905. The maximum absolute atomic E-state index is 5.47. The zero-order valence-electron chi connectivity index (χ0n) is 11.5. The fourth-order valence-electron chi connectivity index (χ4n) is 2.87. The van der Waals surface area contributed by atoms with Crippen LogP contribution in [-0.2, 0) is 6.42 Å². The highest BCUT2D eigenvalue weighted by molar-refractivity contribution is 9.10. The van der Waals surface area contributed by atoms with Gasteiger partial charge >= 0.3 is 0 Å². The second-order valence-corrected chi connectivity index (χ2v) is 5.96. The van der Waals surface area contributed by atoms with Crippen LogP contribution in [0.1, 0.15) is 22.6 Å². The van der Waals surface area contributed by atoms with Gasteiger partial charge in [0.05, 0.1) is 11.6 Å². The van der Waals surface area contributed by atoms with Crippen molar-refractivity contribution in [3.63, 3.8) is 0 Å². The topological polar surface area (TPSA) is 21.3 Å². The van der Waals surface area contributed by atoms with E-state index in [4.69, 9.17) is 4.74 Å². The first-order valence-electron chi connectivity index (χ1n) is 6.91. The number of hydrogen-bond acceptors (Lipinski definition) is 2. The van der Waals surface area contributed by atoms with Crippen LogP contribution in [0.25, 0.3) is 0 Å². The van der Waals surface area contributed by atoms with Gasteiger partial charge < -0.3 is 10.1 Å². The molecule has 1 atom stereocenters. The molecular formula is C17H18BrNO. The largest absolute Gasteiger partial charge is 0.496 e. The fraction of sp³-hybridized carbons (Fsp3) is 0.294. The van der Waals surface area contributed by atoms with E-state index in [2.05, 4.69) is 63.7 Å². The Morgan fingerprint density at radius 3 is 2.75 bits per heavy atom. The smallest absolute Gasteiger partial charge is 0.133 e. The van der Waals surface area contributed by atoms with Crippen LogP contribution in [-0.4, -0.2) is 20.2 Å². The van der Waals surface area contributed by atoms with Crippen LogP contribution in [0.5, 0.6) is 5.75 Å². The Morgan fingerprint density at radius 1 is 1.20 bits per heavy atom. The average molecular weight is 332 g/mol. The Kier molecular flexibility index (Phi) is 4.08. The summed E-state index contributed by atoms with van der Waals surface area (Å²) in [4.78, 5) is 0. The molecule has 1 aliphatic heterocycles. The van der Waals surface area contributed by atoms with E-state index < -0.39 is 0 Å². The van der Waals surface area contributed by atoms with Gasteiger partial charge in [0.1, 0.15) is 5.75 Å². The standard InChI is InChI=1S/C17H18BrNO/c1-20-17-10-14-13(9-16(17)18)7-8-19-11-15(14)12-5-3-2-4-6-12/h2-6,9-10,15,19H,7-8,11H2,1H3/t15-/m0/s1. The molecule has 1 heterocycles. The van der Waals surface area contributed by atoms with Crippen molar-refractivity contribution >= 4 is 15.9 Å². The molecule has 0 radical (unpaired) electrons. The minimum Gasteiger partial charge on any atom is -0.496 e. The van der Waals surface area contributed by atoms with Gasteiger partial charge in [-0.05, 0) is 57.7 Å². The lowest BCUT2D eigenvalue weighted by Crippen LogP contribution is -2.20. The Balaban J connectivity index is 2.11. The molecule has 3 heteroatoms. The highest BCUT2D eigenvalue weighted by atomic mass is 79.9. The molecule has 0 saturated heterocycles. The van der Waals surface area contributed by atoms with Gasteiger partial charge in [-0.3, -0.25) is 0 Å². The molecule has 20 heavy (non-hydrogen) atoms. The van der Waals surface area contributed by atoms with E-state index in [1.54, 1.807) is 7.11 Å². The van der Waals surface area contributed by atoms with Crippen molar-refractivity contribution in [1.82, 2.24) is 5.32 Å². The van der Waals surface area contributed by atoms with E-state index in [0.29, 0.717) is 5.92 Å². The Bertz CT molecular complexity index is 597. The summed E-state index contributed by atoms with van der Waals surface area (Å²) in [5, 5.41) is 3.54. The second kappa shape index (κ2) is 5.98. The van der Waals surface area contributed by atoms with E-state index in [0.717, 1.165) is 29.7 Å². The van der Waals surface area contributed by atoms with Gasteiger partial charge in [-0.25, -0.2) is 0 Å². The molecule has 0 aromatic heterocycles. The summed E-state index contributed by atoms with van der Waals surface area (Å²) in [5.41, 5.74) is 4.13. The molecule has 2 aromatic carbocycles. The molecule has 1 aliphatic rings. The summed E-state index contributed by atoms with van der Waals surface area (Å²) in [7, 11) is 1.72. The normalized spacial score (nSPS) is 18.2. The van der Waals surface area contributed by atoms with Crippen LogP contribution in [0.3, 0.4) is 0 Å². The monoisotopic (exact) mass is 331 g/mol. The molecule has 0 unspecified atom stereocenters. The maximum Gasteiger partial charge on any atom is 0.133 e. The number of rotatable bonds is 2. The van der Waals surface area contributed by atoms with Gasteiger partial charge in [0.15, 0.2) is 0 Å². The molecule has 2 aromatic rings.